The topological polar surface area (TPSA) is 101 Å². The van der Waals surface area contributed by atoms with Gasteiger partial charge in [-0.15, -0.1) is 0 Å². The molecule has 0 aliphatic rings. The van der Waals surface area contributed by atoms with Crippen molar-refractivity contribution in [1.82, 2.24) is 14.8 Å². The van der Waals surface area contributed by atoms with Gasteiger partial charge in [0.05, 0.1) is 17.6 Å². The Kier molecular flexibility index (Phi) is 5.39. The molecule has 8 heteroatoms. The summed E-state index contributed by atoms with van der Waals surface area (Å²) in [6.07, 6.45) is 5.47. The number of hydrogen-bond donors (Lipinski definition) is 1. The van der Waals surface area contributed by atoms with Crippen molar-refractivity contribution in [1.29, 1.82) is 5.26 Å². The lowest BCUT2D eigenvalue weighted by atomic mass is 10.1. The molecular formula is C20H15FN6O. The van der Waals surface area contributed by atoms with Crippen LogP contribution >= 0.6 is 0 Å². The van der Waals surface area contributed by atoms with Gasteiger partial charge in [-0.3, -0.25) is 9.80 Å². The van der Waals surface area contributed by atoms with E-state index in [1.54, 1.807) is 30.3 Å². The maximum Gasteiger partial charge on any atom is 0.188 e. The number of allylic oxidation sites excluding steroid dienone is 2. The van der Waals surface area contributed by atoms with Crippen molar-refractivity contribution in [3.05, 3.63) is 90.9 Å². The van der Waals surface area contributed by atoms with E-state index < -0.39 is 11.6 Å². The number of rotatable bonds is 6. The van der Waals surface area contributed by atoms with Crippen molar-refractivity contribution >= 4 is 17.0 Å². The summed E-state index contributed by atoms with van der Waals surface area (Å²) in [6.45, 7) is 3.79. The Hall–Kier alpha value is -4.09. The molecule has 0 aliphatic carbocycles. The highest BCUT2D eigenvalue weighted by Gasteiger charge is 2.15. The molecule has 2 aromatic heterocycles. The van der Waals surface area contributed by atoms with Gasteiger partial charge in [-0.2, -0.15) is 10.4 Å². The number of carbonyl (C=O) groups excluding carboxylic acids is 1. The van der Waals surface area contributed by atoms with Crippen LogP contribution in [0, 0.1) is 17.1 Å². The van der Waals surface area contributed by atoms with Gasteiger partial charge in [0.1, 0.15) is 23.3 Å². The first-order valence-corrected chi connectivity index (χ1v) is 8.12. The molecule has 2 N–H and O–H groups in total. The Morgan fingerprint density at radius 1 is 1.29 bits per heavy atom. The van der Waals surface area contributed by atoms with Crippen LogP contribution in [-0.4, -0.2) is 20.5 Å². The molecule has 0 spiro atoms. The first-order valence-electron chi connectivity index (χ1n) is 8.12. The number of anilines is 1. The second kappa shape index (κ2) is 8.07. The second-order valence-electron chi connectivity index (χ2n) is 5.66. The number of carbonyl (C=O) groups is 1. The van der Waals surface area contributed by atoms with Crippen molar-refractivity contribution in [2.24, 2.45) is 5.84 Å². The summed E-state index contributed by atoms with van der Waals surface area (Å²) in [5, 5.41) is 14.2. The first-order chi connectivity index (χ1) is 13.5. The lowest BCUT2D eigenvalue weighted by Crippen LogP contribution is -2.24. The van der Waals surface area contributed by atoms with Crippen LogP contribution in [0.15, 0.2) is 73.7 Å². The minimum Gasteiger partial charge on any atom is -0.289 e. The molecule has 3 rings (SSSR count). The van der Waals surface area contributed by atoms with Gasteiger partial charge >= 0.3 is 0 Å². The standard InChI is InChI=1S/C20H15FN6O/c1-14(18-7-10-25-27(18)19-5-3-2-4-17(19)21)20(28)8-11-26(23)16-6-9-24-15(12-16)13-22/h2-12H,1,23H2/b11-8-. The Labute approximate surface area is 160 Å². The predicted molar refractivity (Wildman–Crippen MR) is 102 cm³/mol. The molecule has 0 atom stereocenters. The van der Waals surface area contributed by atoms with Crippen LogP contribution in [0.1, 0.15) is 11.4 Å². The summed E-state index contributed by atoms with van der Waals surface area (Å²) in [6, 6.07) is 12.7. The van der Waals surface area contributed by atoms with E-state index in [0.717, 1.165) is 0 Å². The Balaban J connectivity index is 1.80. The maximum absolute atomic E-state index is 14.1. The minimum atomic E-state index is -0.470. The highest BCUT2D eigenvalue weighted by molar-refractivity contribution is 6.25. The summed E-state index contributed by atoms with van der Waals surface area (Å²) < 4.78 is 15.4. The largest absolute Gasteiger partial charge is 0.289 e. The molecule has 0 bridgehead atoms. The van der Waals surface area contributed by atoms with Crippen LogP contribution in [0.4, 0.5) is 10.1 Å². The zero-order chi connectivity index (χ0) is 20.1. The monoisotopic (exact) mass is 374 g/mol. The second-order valence-corrected chi connectivity index (χ2v) is 5.66. The lowest BCUT2D eigenvalue weighted by molar-refractivity contribution is -0.109. The molecule has 0 unspecified atom stereocenters. The number of aromatic nitrogens is 3. The highest BCUT2D eigenvalue weighted by atomic mass is 19.1. The predicted octanol–water partition coefficient (Wildman–Crippen LogP) is 2.75. The molecule has 0 saturated heterocycles. The molecule has 0 aliphatic heterocycles. The van der Waals surface area contributed by atoms with Crippen LogP contribution in [0.5, 0.6) is 0 Å². The smallest absolute Gasteiger partial charge is 0.188 e. The molecular weight excluding hydrogens is 359 g/mol. The molecule has 0 fully saturated rings. The number of nitrogens with two attached hydrogens (primary N) is 1. The summed E-state index contributed by atoms with van der Waals surface area (Å²) in [5.74, 6) is 4.99. The Morgan fingerprint density at radius 3 is 2.82 bits per heavy atom. The van der Waals surface area contributed by atoms with E-state index in [4.69, 9.17) is 11.1 Å². The molecule has 2 heterocycles. The molecule has 138 valence electrons. The van der Waals surface area contributed by atoms with Crippen LogP contribution < -0.4 is 10.9 Å². The van der Waals surface area contributed by atoms with Gasteiger partial charge in [-0.1, -0.05) is 18.7 Å². The number of pyridine rings is 1. The van der Waals surface area contributed by atoms with Crippen LogP contribution in [0.2, 0.25) is 0 Å². The van der Waals surface area contributed by atoms with E-state index >= 15 is 0 Å². The fourth-order valence-electron chi connectivity index (χ4n) is 2.45. The number of para-hydroxylation sites is 1. The summed E-state index contributed by atoms with van der Waals surface area (Å²) in [5.41, 5.74) is 1.38. The van der Waals surface area contributed by atoms with Crippen molar-refractivity contribution in [3.63, 3.8) is 0 Å². The highest BCUT2D eigenvalue weighted by Crippen LogP contribution is 2.20. The third-order valence-corrected chi connectivity index (χ3v) is 3.87. The quantitative estimate of drug-likeness (QED) is 0.404. The molecule has 3 aromatic rings. The third kappa shape index (κ3) is 3.85. The number of benzene rings is 1. The van der Waals surface area contributed by atoms with Crippen LogP contribution in [-0.2, 0) is 4.79 Å². The molecule has 1 aromatic carbocycles. The van der Waals surface area contributed by atoms with Gasteiger partial charge in [-0.05, 0) is 30.3 Å². The molecule has 0 amide bonds. The van der Waals surface area contributed by atoms with Gasteiger partial charge in [-0.25, -0.2) is 19.9 Å². The van der Waals surface area contributed by atoms with Crippen molar-refractivity contribution in [3.8, 4) is 11.8 Å². The van der Waals surface area contributed by atoms with Gasteiger partial charge in [0.2, 0.25) is 0 Å². The number of hydrogen-bond acceptors (Lipinski definition) is 6. The Bertz CT molecular complexity index is 1110. The van der Waals surface area contributed by atoms with E-state index in [-0.39, 0.29) is 17.0 Å². The van der Waals surface area contributed by atoms with E-state index in [0.29, 0.717) is 11.4 Å². The Morgan fingerprint density at radius 2 is 2.07 bits per heavy atom. The van der Waals surface area contributed by atoms with Crippen molar-refractivity contribution in [2.45, 2.75) is 0 Å². The van der Waals surface area contributed by atoms with E-state index in [1.165, 1.54) is 46.5 Å². The third-order valence-electron chi connectivity index (χ3n) is 3.87. The average molecular weight is 374 g/mol. The van der Waals surface area contributed by atoms with E-state index in [1.807, 2.05) is 6.07 Å². The van der Waals surface area contributed by atoms with Gasteiger partial charge < -0.3 is 0 Å². The van der Waals surface area contributed by atoms with Gasteiger partial charge in [0.25, 0.3) is 0 Å². The molecule has 0 radical (unpaired) electrons. The van der Waals surface area contributed by atoms with E-state index in [2.05, 4.69) is 16.7 Å². The number of nitriles is 1. The summed E-state index contributed by atoms with van der Waals surface area (Å²) in [4.78, 5) is 16.4. The number of halogens is 1. The van der Waals surface area contributed by atoms with Gasteiger partial charge in [0, 0.05) is 24.0 Å². The molecule has 28 heavy (non-hydrogen) atoms. The minimum absolute atomic E-state index is 0.123. The van der Waals surface area contributed by atoms with Crippen molar-refractivity contribution < 1.29 is 9.18 Å². The number of ketones is 1. The SMILES string of the molecule is C=C(C(=O)/C=C\N(N)c1ccnc(C#N)c1)c1ccnn1-c1ccccc1F. The van der Waals surface area contributed by atoms with E-state index in [9.17, 15) is 9.18 Å². The lowest BCUT2D eigenvalue weighted by Gasteiger charge is -2.13. The zero-order valence-electron chi connectivity index (χ0n) is 14.7. The fraction of sp³-hybridized carbons (Fsp3) is 0. The van der Waals surface area contributed by atoms with Gasteiger partial charge in [0.15, 0.2) is 5.78 Å². The number of nitrogens with zero attached hydrogens (tertiary/aromatic N) is 5. The average Bonchev–Trinajstić information content (AvgIpc) is 3.21. The van der Waals surface area contributed by atoms with Crippen LogP contribution in [0.3, 0.4) is 0 Å². The molecule has 7 nitrogen and oxygen atoms in total. The molecule has 0 saturated carbocycles. The van der Waals surface area contributed by atoms with Crippen LogP contribution in [0.25, 0.3) is 11.3 Å². The van der Waals surface area contributed by atoms with Crippen molar-refractivity contribution in [2.75, 3.05) is 5.01 Å². The summed E-state index contributed by atoms with van der Waals surface area (Å²) in [7, 11) is 0. The fourth-order valence-corrected chi connectivity index (χ4v) is 2.45. The number of hydrazine groups is 1. The maximum atomic E-state index is 14.1. The zero-order valence-corrected chi connectivity index (χ0v) is 14.7. The normalized spacial score (nSPS) is 10.6. The summed E-state index contributed by atoms with van der Waals surface area (Å²) >= 11 is 0. The first kappa shape index (κ1) is 18.7.